The first-order valence-corrected chi connectivity index (χ1v) is 11.1. The fourth-order valence-corrected chi connectivity index (χ4v) is 11.2. The van der Waals surface area contributed by atoms with Gasteiger partial charge in [0.1, 0.15) is 0 Å². The first-order valence-electron chi connectivity index (χ1n) is 7.54. The third-order valence-electron chi connectivity index (χ3n) is 4.90. The molecule has 5 rings (SSSR count). The van der Waals surface area contributed by atoms with Crippen LogP contribution in [0.5, 0.6) is 0 Å². The summed E-state index contributed by atoms with van der Waals surface area (Å²) in [6.07, 6.45) is 0. The summed E-state index contributed by atoms with van der Waals surface area (Å²) in [5, 5.41) is 0. The molecule has 106 valence electrons. The fourth-order valence-electron chi connectivity index (χ4n) is 3.89. The van der Waals surface area contributed by atoms with Gasteiger partial charge in [0.2, 0.25) is 0 Å². The molecule has 0 bridgehead atoms. The van der Waals surface area contributed by atoms with Gasteiger partial charge in [-0.2, -0.15) is 0 Å². The van der Waals surface area contributed by atoms with Crippen molar-refractivity contribution in [3.8, 4) is 11.1 Å². The molecule has 2 nitrogen and oxygen atoms in total. The second kappa shape index (κ2) is 4.02. The quantitative estimate of drug-likeness (QED) is 0.302. The number of fused-ring (bicyclic) bond motifs is 5. The second-order valence-corrected chi connectivity index (χ2v) is 11.5. The molecule has 0 N–H and O–H groups in total. The zero-order valence-electron chi connectivity index (χ0n) is 12.3. The Morgan fingerprint density at radius 1 is 0.864 bits per heavy atom. The van der Waals surface area contributed by atoms with Crippen LogP contribution in [0.25, 0.3) is 11.1 Å². The Balaban J connectivity index is 2.03. The van der Waals surface area contributed by atoms with E-state index in [0.29, 0.717) is 0 Å². The maximum absolute atomic E-state index is 14.3. The van der Waals surface area contributed by atoms with Crippen LogP contribution < -0.4 is 17.8 Å². The summed E-state index contributed by atoms with van der Waals surface area (Å²) in [5.41, 5.74) is 4.71. The zero-order valence-corrected chi connectivity index (χ0v) is 14.2. The Hall–Kier alpha value is -2.05. The first kappa shape index (κ1) is 12.5. The van der Waals surface area contributed by atoms with Crippen LogP contribution in [0.15, 0.2) is 60.7 Å². The summed E-state index contributed by atoms with van der Waals surface area (Å²) < 4.78 is 19.8. The van der Waals surface area contributed by atoms with Crippen LogP contribution in [-0.4, -0.2) is 13.5 Å². The average Bonchev–Trinajstić information content (AvgIpc) is 2.82. The Labute approximate surface area is 131 Å². The van der Waals surface area contributed by atoms with Crippen LogP contribution in [0.4, 0.5) is 0 Å². The van der Waals surface area contributed by atoms with Crippen molar-refractivity contribution >= 4 is 26.7 Å². The van der Waals surface area contributed by atoms with Gasteiger partial charge in [-0.15, -0.1) is 0 Å². The van der Waals surface area contributed by atoms with Crippen LogP contribution >= 0.6 is 0 Å². The van der Waals surface area contributed by atoms with Gasteiger partial charge in [-0.05, 0) is 0 Å². The van der Waals surface area contributed by atoms with Gasteiger partial charge in [0.25, 0.3) is 0 Å². The Kier molecular flexibility index (Phi) is 2.28. The topological polar surface area (TPSA) is 20.9 Å². The van der Waals surface area contributed by atoms with E-state index < -0.39 is 13.5 Å². The predicted molar refractivity (Wildman–Crippen MR) is 87.7 cm³/mol. The molecule has 0 saturated carbocycles. The first-order chi connectivity index (χ1) is 10.7. The monoisotopic (exact) mass is 348 g/mol. The molecule has 2 aliphatic rings. The van der Waals surface area contributed by atoms with Gasteiger partial charge in [-0.25, -0.2) is 0 Å². The maximum atomic E-state index is 14.3. The van der Waals surface area contributed by atoms with Gasteiger partial charge in [-0.1, -0.05) is 0 Å². The molecule has 0 amide bonds. The molecule has 0 radical (unpaired) electrons. The number of hydrogen-bond acceptors (Lipinski definition) is 1. The zero-order chi connectivity index (χ0) is 14.9. The standard InChI is InChI=1S/C19H15AsNO/c1-13-10-11-16-15-7-3-5-9-18(15)20(22)17-8-4-2-6-14(17)12-21(13)19(16)20/h2-11H,12H2,1H3/q+1. The molecule has 0 aliphatic carbocycles. The van der Waals surface area contributed by atoms with Gasteiger partial charge in [0, 0.05) is 0 Å². The molecule has 1 unspecified atom stereocenters. The third-order valence-corrected chi connectivity index (χ3v) is 11.7. The minimum atomic E-state index is -3.53. The minimum absolute atomic E-state index is 0.824. The van der Waals surface area contributed by atoms with E-state index in [4.69, 9.17) is 0 Å². The number of hydrogen-bond donors (Lipinski definition) is 0. The molecule has 3 aromatic rings. The SMILES string of the molecule is Cc1ccc2c3[n+]1Cc1ccccc1[As]3(=O)c1ccccc1-2. The number of pyridine rings is 1. The molecular weight excluding hydrogens is 333 g/mol. The van der Waals surface area contributed by atoms with E-state index in [-0.39, 0.29) is 0 Å². The molecule has 1 atom stereocenters. The van der Waals surface area contributed by atoms with Crippen molar-refractivity contribution in [3.05, 3.63) is 71.9 Å². The Bertz CT molecular complexity index is 1010. The van der Waals surface area contributed by atoms with Gasteiger partial charge in [-0.3, -0.25) is 0 Å². The number of rotatable bonds is 0. The summed E-state index contributed by atoms with van der Waals surface area (Å²) in [6, 6.07) is 20.8. The van der Waals surface area contributed by atoms with E-state index in [1.165, 1.54) is 16.8 Å². The van der Waals surface area contributed by atoms with Crippen LogP contribution in [0.3, 0.4) is 0 Å². The van der Waals surface area contributed by atoms with Crippen LogP contribution in [0, 0.1) is 6.92 Å². The molecular formula is C19H15AsNO+. The van der Waals surface area contributed by atoms with Crippen LogP contribution in [-0.2, 0) is 10.3 Å². The number of benzene rings is 2. The molecule has 0 saturated heterocycles. The van der Waals surface area contributed by atoms with E-state index in [9.17, 15) is 3.74 Å². The van der Waals surface area contributed by atoms with Gasteiger partial charge < -0.3 is 0 Å². The van der Waals surface area contributed by atoms with Crippen molar-refractivity contribution < 1.29 is 8.31 Å². The van der Waals surface area contributed by atoms with E-state index >= 15 is 0 Å². The average molecular weight is 348 g/mol. The summed E-state index contributed by atoms with van der Waals surface area (Å²) in [4.78, 5) is 0. The molecule has 22 heavy (non-hydrogen) atoms. The molecule has 3 heterocycles. The number of nitrogens with zero attached hydrogens (tertiary/aromatic N) is 1. The molecule has 3 heteroatoms. The summed E-state index contributed by atoms with van der Waals surface area (Å²) in [6.45, 7) is 2.93. The fraction of sp³-hybridized carbons (Fsp3) is 0.105. The van der Waals surface area contributed by atoms with E-state index in [2.05, 4.69) is 47.9 Å². The molecule has 0 spiro atoms. The van der Waals surface area contributed by atoms with E-state index in [0.717, 1.165) is 25.3 Å². The predicted octanol–water partition coefficient (Wildman–Crippen LogP) is 1.02. The third kappa shape index (κ3) is 1.30. The van der Waals surface area contributed by atoms with Crippen molar-refractivity contribution in [1.29, 1.82) is 0 Å². The van der Waals surface area contributed by atoms with Crippen LogP contribution in [0.1, 0.15) is 11.3 Å². The summed E-state index contributed by atoms with van der Waals surface area (Å²) in [5.74, 6) is 0. The second-order valence-electron chi connectivity index (χ2n) is 6.05. The summed E-state index contributed by atoms with van der Waals surface area (Å²) in [7, 11) is 0. The van der Waals surface area contributed by atoms with Crippen LogP contribution in [0.2, 0.25) is 0 Å². The van der Waals surface area contributed by atoms with E-state index in [1.54, 1.807) is 0 Å². The van der Waals surface area contributed by atoms with Crippen molar-refractivity contribution in [2.75, 3.05) is 0 Å². The van der Waals surface area contributed by atoms with E-state index in [1.807, 2.05) is 24.3 Å². The van der Waals surface area contributed by atoms with Gasteiger partial charge >= 0.3 is 131 Å². The molecule has 0 fully saturated rings. The Morgan fingerprint density at radius 2 is 1.59 bits per heavy atom. The van der Waals surface area contributed by atoms with Crippen molar-refractivity contribution in [3.63, 3.8) is 0 Å². The van der Waals surface area contributed by atoms with Gasteiger partial charge in [0.05, 0.1) is 0 Å². The normalized spacial score (nSPS) is 20.2. The molecule has 1 aromatic heterocycles. The number of aryl methyl sites for hydroxylation is 1. The van der Waals surface area contributed by atoms with Crippen molar-refractivity contribution in [2.24, 2.45) is 0 Å². The Morgan fingerprint density at radius 3 is 2.45 bits per heavy atom. The van der Waals surface area contributed by atoms with Crippen molar-refractivity contribution in [1.82, 2.24) is 0 Å². The molecule has 2 aromatic carbocycles. The van der Waals surface area contributed by atoms with Crippen molar-refractivity contribution in [2.45, 2.75) is 13.5 Å². The molecule has 2 aliphatic heterocycles. The number of aromatic nitrogens is 1. The summed E-state index contributed by atoms with van der Waals surface area (Å²) >= 11 is -3.53. The van der Waals surface area contributed by atoms with Gasteiger partial charge in [0.15, 0.2) is 0 Å².